The Morgan fingerprint density at radius 1 is 0.804 bits per heavy atom. The average Bonchev–Trinajstić information content (AvgIpc) is 3.06. The Morgan fingerprint density at radius 2 is 1.39 bits per heavy atom. The largest absolute Gasteiger partial charge is 0.478 e. The molecule has 1 aliphatic heterocycles. The van der Waals surface area contributed by atoms with E-state index in [1.807, 2.05) is 19.1 Å². The lowest BCUT2D eigenvalue weighted by atomic mass is 9.91. The number of aliphatic hydroxyl groups is 1. The van der Waals surface area contributed by atoms with Crippen LogP contribution in [0.2, 0.25) is 0 Å². The summed E-state index contributed by atoms with van der Waals surface area (Å²) in [5, 5.41) is 21.2. The predicted octanol–water partition coefficient (Wildman–Crippen LogP) is 7.41. The highest BCUT2D eigenvalue weighted by Gasteiger charge is 2.38. The van der Waals surface area contributed by atoms with Crippen molar-refractivity contribution in [2.75, 3.05) is 11.1 Å². The SMILES string of the molecule is C[C@@H]1[C@H](CSc2ccccc2C(=O)O)O[C@H](c2ccc(NC(=O)c3c(F)c(F)c(F)c(F)c3F)cc2)O[C@@H]1c1ccc(CO)cc1. The molecule has 4 aromatic rings. The maximum absolute atomic E-state index is 14.1. The molecule has 0 aromatic heterocycles. The lowest BCUT2D eigenvalue weighted by Gasteiger charge is -2.41. The summed E-state index contributed by atoms with van der Waals surface area (Å²) in [6.45, 7) is 1.80. The number of thioether (sulfide) groups is 1. The number of carboxylic acid groups (broad SMARTS) is 1. The molecule has 4 aromatic carbocycles. The van der Waals surface area contributed by atoms with Gasteiger partial charge in [0.1, 0.15) is 5.56 Å². The van der Waals surface area contributed by atoms with Crippen molar-refractivity contribution in [1.29, 1.82) is 0 Å². The summed E-state index contributed by atoms with van der Waals surface area (Å²) in [7, 11) is 0. The molecule has 0 unspecified atom stereocenters. The number of hydrogen-bond donors (Lipinski definition) is 3. The molecule has 0 spiro atoms. The van der Waals surface area contributed by atoms with E-state index < -0.39 is 65.0 Å². The van der Waals surface area contributed by atoms with Gasteiger partial charge in [0.15, 0.2) is 29.6 Å². The molecule has 3 N–H and O–H groups in total. The predicted molar refractivity (Wildman–Crippen MR) is 158 cm³/mol. The smallest absolute Gasteiger partial charge is 0.336 e. The van der Waals surface area contributed by atoms with E-state index in [0.29, 0.717) is 21.8 Å². The molecule has 13 heteroatoms. The van der Waals surface area contributed by atoms with Gasteiger partial charge in [-0.15, -0.1) is 11.8 Å². The van der Waals surface area contributed by atoms with E-state index in [9.17, 15) is 41.8 Å². The zero-order valence-corrected chi connectivity index (χ0v) is 24.8. The van der Waals surface area contributed by atoms with Crippen LogP contribution in [-0.4, -0.2) is 33.9 Å². The van der Waals surface area contributed by atoms with Gasteiger partial charge in [-0.2, -0.15) is 0 Å². The van der Waals surface area contributed by atoms with E-state index in [1.54, 1.807) is 30.3 Å². The van der Waals surface area contributed by atoms with Crippen molar-refractivity contribution in [3.05, 3.63) is 130 Å². The Balaban J connectivity index is 1.38. The molecule has 1 fully saturated rings. The van der Waals surface area contributed by atoms with Crippen LogP contribution in [0.3, 0.4) is 0 Å². The van der Waals surface area contributed by atoms with Gasteiger partial charge in [0.05, 0.1) is 24.4 Å². The van der Waals surface area contributed by atoms with E-state index in [4.69, 9.17) is 9.47 Å². The number of benzene rings is 4. The zero-order chi connectivity index (χ0) is 33.1. The number of carbonyl (C=O) groups excluding carboxylic acids is 1. The second-order valence-corrected chi connectivity index (χ2v) is 11.5. The summed E-state index contributed by atoms with van der Waals surface area (Å²) >= 11 is 1.32. The quantitative estimate of drug-likeness (QED) is 0.0744. The first-order chi connectivity index (χ1) is 22.0. The highest BCUT2D eigenvalue weighted by atomic mass is 32.2. The summed E-state index contributed by atoms with van der Waals surface area (Å²) in [4.78, 5) is 24.8. The molecular weight excluding hydrogens is 633 g/mol. The topological polar surface area (TPSA) is 105 Å². The molecule has 0 radical (unpaired) electrons. The summed E-state index contributed by atoms with van der Waals surface area (Å²) in [5.74, 6) is -13.8. The van der Waals surface area contributed by atoms with Gasteiger partial charge in [0, 0.05) is 27.8 Å². The number of nitrogens with one attached hydrogen (secondary N) is 1. The van der Waals surface area contributed by atoms with E-state index in [-0.39, 0.29) is 23.8 Å². The Labute approximate surface area is 264 Å². The minimum absolute atomic E-state index is 0.00426. The molecule has 1 amide bonds. The van der Waals surface area contributed by atoms with Crippen LogP contribution in [-0.2, 0) is 16.1 Å². The number of anilines is 1. The Bertz CT molecular complexity index is 1730. The van der Waals surface area contributed by atoms with Crippen LogP contribution in [0.15, 0.2) is 77.7 Å². The minimum Gasteiger partial charge on any atom is -0.478 e. The number of aliphatic hydroxyl groups excluding tert-OH is 1. The van der Waals surface area contributed by atoms with Gasteiger partial charge in [0.2, 0.25) is 5.82 Å². The molecule has 0 aliphatic carbocycles. The van der Waals surface area contributed by atoms with Crippen LogP contribution in [0.4, 0.5) is 27.6 Å². The number of carbonyl (C=O) groups is 2. The van der Waals surface area contributed by atoms with Crippen molar-refractivity contribution in [3.63, 3.8) is 0 Å². The second-order valence-electron chi connectivity index (χ2n) is 10.5. The van der Waals surface area contributed by atoms with Gasteiger partial charge >= 0.3 is 5.97 Å². The van der Waals surface area contributed by atoms with Crippen LogP contribution in [0, 0.1) is 35.0 Å². The zero-order valence-electron chi connectivity index (χ0n) is 24.0. The summed E-state index contributed by atoms with van der Waals surface area (Å²) in [5.41, 5.74) is 0.540. The summed E-state index contributed by atoms with van der Waals surface area (Å²) in [6.07, 6.45) is -1.87. The van der Waals surface area contributed by atoms with Gasteiger partial charge in [-0.05, 0) is 35.4 Å². The van der Waals surface area contributed by atoms with Gasteiger partial charge in [0.25, 0.3) is 5.91 Å². The third kappa shape index (κ3) is 6.77. The first kappa shape index (κ1) is 33.1. The van der Waals surface area contributed by atoms with Crippen LogP contribution in [0.5, 0.6) is 0 Å². The Hall–Kier alpha value is -4.30. The van der Waals surface area contributed by atoms with Crippen molar-refractivity contribution in [2.24, 2.45) is 5.92 Å². The molecule has 1 saturated heterocycles. The fourth-order valence-electron chi connectivity index (χ4n) is 4.97. The fraction of sp³-hybridized carbons (Fsp3) is 0.212. The van der Waals surface area contributed by atoms with Gasteiger partial charge in [-0.3, -0.25) is 4.79 Å². The fourth-order valence-corrected chi connectivity index (χ4v) is 6.18. The van der Waals surface area contributed by atoms with E-state index >= 15 is 0 Å². The third-order valence-electron chi connectivity index (χ3n) is 7.52. The lowest BCUT2D eigenvalue weighted by Crippen LogP contribution is -2.38. The maximum atomic E-state index is 14.1. The number of ether oxygens (including phenoxy) is 2. The molecule has 0 bridgehead atoms. The Morgan fingerprint density at radius 3 is 2.00 bits per heavy atom. The molecule has 0 saturated carbocycles. The highest BCUT2D eigenvalue weighted by Crippen LogP contribution is 2.43. The monoisotopic (exact) mass is 659 g/mol. The van der Waals surface area contributed by atoms with Crippen molar-refractivity contribution in [1.82, 2.24) is 0 Å². The number of carboxylic acids is 1. The maximum Gasteiger partial charge on any atom is 0.336 e. The number of amides is 1. The molecule has 4 atom stereocenters. The number of rotatable bonds is 9. The van der Waals surface area contributed by atoms with Crippen molar-refractivity contribution >= 4 is 29.3 Å². The number of hydrogen-bond acceptors (Lipinski definition) is 6. The highest BCUT2D eigenvalue weighted by molar-refractivity contribution is 7.99. The second kappa shape index (κ2) is 14.0. The first-order valence-electron chi connectivity index (χ1n) is 13.9. The van der Waals surface area contributed by atoms with Crippen LogP contribution < -0.4 is 5.32 Å². The minimum atomic E-state index is -2.37. The molecule has 7 nitrogen and oxygen atoms in total. The third-order valence-corrected chi connectivity index (χ3v) is 8.68. The first-order valence-corrected chi connectivity index (χ1v) is 14.9. The van der Waals surface area contributed by atoms with Crippen molar-refractivity contribution < 1.29 is 51.2 Å². The molecule has 5 rings (SSSR count). The summed E-state index contributed by atoms with van der Waals surface area (Å²) < 4.78 is 81.5. The van der Waals surface area contributed by atoms with Gasteiger partial charge in [-0.1, -0.05) is 55.5 Å². The molecule has 1 heterocycles. The van der Waals surface area contributed by atoms with Crippen molar-refractivity contribution in [3.8, 4) is 0 Å². The van der Waals surface area contributed by atoms with Crippen LogP contribution in [0.25, 0.3) is 0 Å². The summed E-state index contributed by atoms with van der Waals surface area (Å²) in [6, 6.07) is 19.5. The lowest BCUT2D eigenvalue weighted by molar-refractivity contribution is -0.268. The van der Waals surface area contributed by atoms with Gasteiger partial charge in [-0.25, -0.2) is 26.7 Å². The van der Waals surface area contributed by atoms with Gasteiger partial charge < -0.3 is 25.0 Å². The van der Waals surface area contributed by atoms with E-state index in [0.717, 1.165) is 5.56 Å². The Kier molecular flexibility index (Phi) is 10.1. The number of halogens is 5. The average molecular weight is 660 g/mol. The molecule has 240 valence electrons. The van der Waals surface area contributed by atoms with Crippen LogP contribution in [0.1, 0.15) is 56.7 Å². The molecular formula is C33H26F5NO6S. The van der Waals surface area contributed by atoms with E-state index in [2.05, 4.69) is 5.32 Å². The van der Waals surface area contributed by atoms with E-state index in [1.165, 1.54) is 42.1 Å². The number of aromatic carboxylic acids is 1. The molecule has 46 heavy (non-hydrogen) atoms. The van der Waals surface area contributed by atoms with Crippen molar-refractivity contribution in [2.45, 2.75) is 36.9 Å². The van der Waals surface area contributed by atoms with Crippen LogP contribution >= 0.6 is 11.8 Å². The standard InChI is InChI=1S/C33H26F5NO6S/c1-16-22(15-46-23-5-3-2-4-21(23)32(42)43)44-33(45-30(16)18-8-6-17(14-40)7-9-18)19-10-12-20(13-11-19)39-31(41)24-25(34)27(36)29(38)28(37)26(24)35/h2-13,16,22,30,33,40H,14-15H2,1H3,(H,39,41)(H,42,43)/t16-,22+,30+,33+/m1/s1. The molecule has 1 aliphatic rings. The normalized spacial score (nSPS) is 19.5.